The Balaban J connectivity index is 1.01. The summed E-state index contributed by atoms with van der Waals surface area (Å²) in [6, 6.07) is 86.5. The van der Waals surface area contributed by atoms with Crippen molar-refractivity contribution in [2.75, 3.05) is 0 Å². The SMILES string of the molecule is c1ccc(-c2cccc(-n3c4ccc(-c5ccc6c(c5)c5ccccc5n6-c5ccccc5)cc4c4cc(-c5ccc6c(c5)c5ccccc5n6-c5ccccc5)ccc43)c2)cc1. The molecule has 0 saturated carbocycles. The molecule has 13 aromatic rings. The molecule has 10 aromatic carbocycles. The molecule has 294 valence electrons. The van der Waals surface area contributed by atoms with Crippen LogP contribution in [-0.4, -0.2) is 13.7 Å². The molecule has 0 amide bonds. The minimum atomic E-state index is 1.14. The lowest BCUT2D eigenvalue weighted by Crippen LogP contribution is -1.94. The zero-order chi connectivity index (χ0) is 41.4. The summed E-state index contributed by atoms with van der Waals surface area (Å²) in [5.74, 6) is 0. The quantitative estimate of drug-likeness (QED) is 0.159. The molecule has 3 nitrogen and oxygen atoms in total. The van der Waals surface area contributed by atoms with Crippen LogP contribution >= 0.6 is 0 Å². The first-order chi connectivity index (χ1) is 31.2. The van der Waals surface area contributed by atoms with Gasteiger partial charge < -0.3 is 13.7 Å². The maximum atomic E-state index is 2.44. The number of aromatic nitrogens is 3. The molecular formula is C60H39N3. The molecule has 0 bridgehead atoms. The predicted molar refractivity (Wildman–Crippen MR) is 266 cm³/mol. The lowest BCUT2D eigenvalue weighted by molar-refractivity contribution is 1.18. The van der Waals surface area contributed by atoms with Crippen LogP contribution in [0.5, 0.6) is 0 Å². The molecule has 13 rings (SSSR count). The van der Waals surface area contributed by atoms with Crippen molar-refractivity contribution < 1.29 is 0 Å². The van der Waals surface area contributed by atoms with Crippen molar-refractivity contribution in [1.29, 1.82) is 0 Å². The van der Waals surface area contributed by atoms with Crippen molar-refractivity contribution in [2.24, 2.45) is 0 Å². The monoisotopic (exact) mass is 801 g/mol. The van der Waals surface area contributed by atoms with Gasteiger partial charge in [0.05, 0.1) is 33.1 Å². The third-order valence-electron chi connectivity index (χ3n) is 13.0. The average Bonchev–Trinajstić information content (AvgIpc) is 3.99. The fourth-order valence-electron chi connectivity index (χ4n) is 10.1. The highest BCUT2D eigenvalue weighted by Crippen LogP contribution is 2.41. The zero-order valence-electron chi connectivity index (χ0n) is 34.4. The van der Waals surface area contributed by atoms with E-state index in [0.717, 1.165) is 5.69 Å². The van der Waals surface area contributed by atoms with Gasteiger partial charge in [0, 0.05) is 49.4 Å². The summed E-state index contributed by atoms with van der Waals surface area (Å²) in [6.07, 6.45) is 0. The largest absolute Gasteiger partial charge is 0.309 e. The van der Waals surface area contributed by atoms with Crippen LogP contribution in [0.1, 0.15) is 0 Å². The van der Waals surface area contributed by atoms with Crippen molar-refractivity contribution in [3.63, 3.8) is 0 Å². The Morgan fingerprint density at radius 1 is 0.175 bits per heavy atom. The van der Waals surface area contributed by atoms with Crippen LogP contribution in [0, 0.1) is 0 Å². The van der Waals surface area contributed by atoms with Gasteiger partial charge in [-0.15, -0.1) is 0 Å². The van der Waals surface area contributed by atoms with E-state index < -0.39 is 0 Å². The van der Waals surface area contributed by atoms with E-state index in [4.69, 9.17) is 0 Å². The van der Waals surface area contributed by atoms with Gasteiger partial charge in [0.15, 0.2) is 0 Å². The summed E-state index contributed by atoms with van der Waals surface area (Å²) in [6.45, 7) is 0. The molecule has 0 radical (unpaired) electrons. The van der Waals surface area contributed by atoms with Crippen LogP contribution in [-0.2, 0) is 0 Å². The van der Waals surface area contributed by atoms with Crippen LogP contribution in [0.3, 0.4) is 0 Å². The van der Waals surface area contributed by atoms with Gasteiger partial charge in [0.2, 0.25) is 0 Å². The molecule has 3 heteroatoms. The number of benzene rings is 10. The standard InChI is InChI=1S/C60H39N3/c1-4-15-40(16-5-1)41-17-14-22-48(35-41)63-59-33-29-44(42-27-31-57-51(36-42)49-23-10-12-25-55(49)61(57)46-18-6-2-7-19-46)38-53(59)54-39-45(30-34-60(54)63)43-28-32-58-52(37-43)50-24-11-13-26-56(50)62(58)47-20-8-3-9-21-47/h1-39H. The third-order valence-corrected chi connectivity index (χ3v) is 13.0. The number of rotatable bonds is 6. The van der Waals surface area contributed by atoms with E-state index in [1.54, 1.807) is 0 Å². The molecule has 0 spiro atoms. The molecule has 0 atom stereocenters. The molecule has 3 aromatic heterocycles. The Labute approximate surface area is 364 Å². The summed E-state index contributed by atoms with van der Waals surface area (Å²) >= 11 is 0. The van der Waals surface area contributed by atoms with Crippen molar-refractivity contribution in [3.8, 4) is 50.4 Å². The van der Waals surface area contributed by atoms with Gasteiger partial charge in [-0.05, 0) is 130 Å². The van der Waals surface area contributed by atoms with Gasteiger partial charge in [0.1, 0.15) is 0 Å². The van der Waals surface area contributed by atoms with Gasteiger partial charge in [-0.1, -0.05) is 140 Å². The average molecular weight is 802 g/mol. The van der Waals surface area contributed by atoms with E-state index in [1.807, 2.05) is 0 Å². The van der Waals surface area contributed by atoms with Gasteiger partial charge >= 0.3 is 0 Å². The third kappa shape index (κ3) is 5.60. The summed E-state index contributed by atoms with van der Waals surface area (Å²) < 4.78 is 7.21. The maximum Gasteiger partial charge on any atom is 0.0541 e. The summed E-state index contributed by atoms with van der Waals surface area (Å²) in [5, 5.41) is 7.45. The summed E-state index contributed by atoms with van der Waals surface area (Å²) in [5.41, 5.74) is 17.8. The van der Waals surface area contributed by atoms with Crippen LogP contribution in [0.2, 0.25) is 0 Å². The normalized spacial score (nSPS) is 11.8. The van der Waals surface area contributed by atoms with Crippen LogP contribution < -0.4 is 0 Å². The van der Waals surface area contributed by atoms with Crippen molar-refractivity contribution in [2.45, 2.75) is 0 Å². The minimum Gasteiger partial charge on any atom is -0.309 e. The first-order valence-electron chi connectivity index (χ1n) is 21.7. The number of fused-ring (bicyclic) bond motifs is 9. The zero-order valence-corrected chi connectivity index (χ0v) is 34.4. The molecule has 0 N–H and O–H groups in total. The Bertz CT molecular complexity index is 3670. The van der Waals surface area contributed by atoms with Crippen LogP contribution in [0.4, 0.5) is 0 Å². The molecule has 0 fully saturated rings. The lowest BCUT2D eigenvalue weighted by atomic mass is 9.98. The number of hydrogen-bond donors (Lipinski definition) is 0. The minimum absolute atomic E-state index is 1.14. The molecule has 63 heavy (non-hydrogen) atoms. The second-order valence-corrected chi connectivity index (χ2v) is 16.6. The van der Waals surface area contributed by atoms with Gasteiger partial charge in [0.25, 0.3) is 0 Å². The van der Waals surface area contributed by atoms with E-state index in [1.165, 1.54) is 110 Å². The van der Waals surface area contributed by atoms with Gasteiger partial charge in [-0.25, -0.2) is 0 Å². The highest BCUT2D eigenvalue weighted by atomic mass is 15.0. The van der Waals surface area contributed by atoms with Crippen molar-refractivity contribution in [3.05, 3.63) is 237 Å². The fraction of sp³-hybridized carbons (Fsp3) is 0. The molecular weight excluding hydrogens is 763 g/mol. The van der Waals surface area contributed by atoms with E-state index in [0.29, 0.717) is 0 Å². The van der Waals surface area contributed by atoms with E-state index in [-0.39, 0.29) is 0 Å². The highest BCUT2D eigenvalue weighted by molar-refractivity contribution is 6.14. The summed E-state index contributed by atoms with van der Waals surface area (Å²) in [4.78, 5) is 0. The molecule has 0 aliphatic heterocycles. The van der Waals surface area contributed by atoms with Crippen LogP contribution in [0.25, 0.3) is 116 Å². The Morgan fingerprint density at radius 2 is 0.476 bits per heavy atom. The molecule has 0 aliphatic carbocycles. The lowest BCUT2D eigenvalue weighted by Gasteiger charge is -2.11. The number of para-hydroxylation sites is 4. The Morgan fingerprint density at radius 3 is 0.921 bits per heavy atom. The topological polar surface area (TPSA) is 14.8 Å². The van der Waals surface area contributed by atoms with Crippen molar-refractivity contribution in [1.82, 2.24) is 13.7 Å². The number of nitrogens with zero attached hydrogens (tertiary/aromatic N) is 3. The smallest absolute Gasteiger partial charge is 0.0541 e. The van der Waals surface area contributed by atoms with E-state index >= 15 is 0 Å². The Hall–Kier alpha value is -8.40. The fourth-order valence-corrected chi connectivity index (χ4v) is 10.1. The molecule has 3 heterocycles. The second-order valence-electron chi connectivity index (χ2n) is 16.6. The maximum absolute atomic E-state index is 2.44. The summed E-state index contributed by atoms with van der Waals surface area (Å²) in [7, 11) is 0. The highest BCUT2D eigenvalue weighted by Gasteiger charge is 2.19. The second kappa shape index (κ2) is 14.1. The molecule has 0 aliphatic rings. The van der Waals surface area contributed by atoms with E-state index in [2.05, 4.69) is 250 Å². The first-order valence-corrected chi connectivity index (χ1v) is 21.7. The van der Waals surface area contributed by atoms with Gasteiger partial charge in [-0.2, -0.15) is 0 Å². The van der Waals surface area contributed by atoms with Crippen molar-refractivity contribution >= 4 is 65.4 Å². The predicted octanol–water partition coefficient (Wildman–Crippen LogP) is 16.0. The van der Waals surface area contributed by atoms with E-state index in [9.17, 15) is 0 Å². The van der Waals surface area contributed by atoms with Gasteiger partial charge in [-0.3, -0.25) is 0 Å². The first kappa shape index (κ1) is 35.4. The molecule has 0 unspecified atom stereocenters. The van der Waals surface area contributed by atoms with Crippen LogP contribution in [0.15, 0.2) is 237 Å². The molecule has 0 saturated heterocycles. The Kier molecular flexibility index (Phi) is 7.91. The number of hydrogen-bond acceptors (Lipinski definition) is 0.